The van der Waals surface area contributed by atoms with E-state index in [1.165, 1.54) is 212 Å². The number of carbonyl (C=O) groups excluding carboxylic acids is 2. The Balaban J connectivity index is 4.08. The Hall–Kier alpha value is -3.79. The molecular formula is C80H142NO8+. The van der Waals surface area contributed by atoms with Crippen LogP contribution in [0, 0.1) is 0 Å². The molecule has 0 aliphatic heterocycles. The highest BCUT2D eigenvalue weighted by Crippen LogP contribution is 2.18. The van der Waals surface area contributed by atoms with Crippen molar-refractivity contribution in [2.24, 2.45) is 0 Å². The van der Waals surface area contributed by atoms with E-state index in [1.54, 1.807) is 0 Å². The van der Waals surface area contributed by atoms with E-state index in [0.717, 1.165) is 89.9 Å². The third kappa shape index (κ3) is 71.5. The van der Waals surface area contributed by atoms with E-state index in [1.807, 2.05) is 21.1 Å². The number of carboxylic acid groups (broad SMARTS) is 1. The van der Waals surface area contributed by atoms with Gasteiger partial charge in [0.1, 0.15) is 13.2 Å². The van der Waals surface area contributed by atoms with Crippen LogP contribution in [0.25, 0.3) is 0 Å². The molecule has 0 aromatic carbocycles. The van der Waals surface area contributed by atoms with Gasteiger partial charge in [-0.1, -0.05) is 323 Å². The zero-order chi connectivity index (χ0) is 64.7. The highest BCUT2D eigenvalue weighted by molar-refractivity contribution is 5.71. The number of hydrogen-bond acceptors (Lipinski definition) is 7. The third-order valence-corrected chi connectivity index (χ3v) is 16.3. The average Bonchev–Trinajstić information content (AvgIpc) is 3.71. The molecule has 0 saturated carbocycles. The highest BCUT2D eigenvalue weighted by atomic mass is 16.7. The van der Waals surface area contributed by atoms with Crippen LogP contribution in [-0.2, 0) is 33.3 Å². The number of hydrogen-bond donors (Lipinski definition) is 1. The van der Waals surface area contributed by atoms with Crippen molar-refractivity contribution in [1.82, 2.24) is 0 Å². The summed E-state index contributed by atoms with van der Waals surface area (Å²) in [5.41, 5.74) is 0. The molecule has 0 rings (SSSR count). The molecule has 0 fully saturated rings. The molecule has 0 aliphatic carbocycles. The molecule has 2 atom stereocenters. The molecule has 0 bridgehead atoms. The van der Waals surface area contributed by atoms with Gasteiger partial charge >= 0.3 is 17.9 Å². The summed E-state index contributed by atoms with van der Waals surface area (Å²) in [6.45, 7) is 4.78. The Labute approximate surface area is 550 Å². The minimum Gasteiger partial charge on any atom is -0.477 e. The molecule has 0 spiro atoms. The number of unbranched alkanes of at least 4 members (excludes halogenated alkanes) is 38. The Bertz CT molecular complexity index is 1790. The maximum Gasteiger partial charge on any atom is 0.361 e. The number of rotatable bonds is 69. The molecule has 0 aliphatic rings. The third-order valence-electron chi connectivity index (χ3n) is 16.3. The van der Waals surface area contributed by atoms with Gasteiger partial charge in [0, 0.05) is 12.8 Å². The number of esters is 2. The lowest BCUT2D eigenvalue weighted by molar-refractivity contribution is -0.870. The van der Waals surface area contributed by atoms with Crippen molar-refractivity contribution in [3.8, 4) is 0 Å². The van der Waals surface area contributed by atoms with Crippen molar-refractivity contribution < 1.29 is 42.9 Å². The number of ether oxygens (including phenoxy) is 4. The number of nitrogens with zero attached hydrogens (tertiary/aromatic N) is 1. The number of quaternary nitrogens is 1. The van der Waals surface area contributed by atoms with Crippen molar-refractivity contribution in [3.05, 3.63) is 97.2 Å². The molecule has 514 valence electrons. The van der Waals surface area contributed by atoms with Gasteiger partial charge in [0.2, 0.25) is 0 Å². The van der Waals surface area contributed by atoms with Gasteiger partial charge in [-0.15, -0.1) is 0 Å². The number of likely N-dealkylation sites (N-methyl/N-ethyl adjacent to an activating group) is 1. The van der Waals surface area contributed by atoms with Crippen molar-refractivity contribution in [2.45, 2.75) is 347 Å². The second kappa shape index (κ2) is 70.1. The molecule has 0 aromatic heterocycles. The minimum absolute atomic E-state index is 0.182. The van der Waals surface area contributed by atoms with Crippen molar-refractivity contribution in [2.75, 3.05) is 47.5 Å². The van der Waals surface area contributed by atoms with E-state index in [0.29, 0.717) is 23.9 Å². The van der Waals surface area contributed by atoms with E-state index in [-0.39, 0.29) is 32.2 Å². The van der Waals surface area contributed by atoms with Crippen molar-refractivity contribution in [3.63, 3.8) is 0 Å². The number of allylic oxidation sites excluding steroid dienone is 16. The topological polar surface area (TPSA) is 108 Å². The maximum absolute atomic E-state index is 13.0. The van der Waals surface area contributed by atoms with Gasteiger partial charge in [0.25, 0.3) is 6.29 Å². The molecule has 89 heavy (non-hydrogen) atoms. The average molecular weight is 1250 g/mol. The van der Waals surface area contributed by atoms with Crippen LogP contribution in [0.1, 0.15) is 335 Å². The summed E-state index contributed by atoms with van der Waals surface area (Å²) < 4.78 is 23.0. The summed E-state index contributed by atoms with van der Waals surface area (Å²) in [7, 11) is 5.98. The van der Waals surface area contributed by atoms with Crippen molar-refractivity contribution in [1.29, 1.82) is 0 Å². The molecule has 0 amide bonds. The Morgan fingerprint density at radius 2 is 0.640 bits per heavy atom. The van der Waals surface area contributed by atoms with Gasteiger partial charge in [-0.25, -0.2) is 4.79 Å². The van der Waals surface area contributed by atoms with Gasteiger partial charge in [-0.05, 0) is 96.3 Å². The lowest BCUT2D eigenvalue weighted by Crippen LogP contribution is -2.40. The van der Waals surface area contributed by atoms with E-state index in [9.17, 15) is 19.5 Å². The summed E-state index contributed by atoms with van der Waals surface area (Å²) in [5, 5.41) is 9.76. The van der Waals surface area contributed by atoms with Crippen LogP contribution in [0.15, 0.2) is 97.2 Å². The largest absolute Gasteiger partial charge is 0.477 e. The minimum atomic E-state index is -1.52. The Kier molecular flexibility index (Phi) is 67.1. The summed E-state index contributed by atoms with van der Waals surface area (Å²) in [6.07, 6.45) is 94.0. The number of carbonyl (C=O) groups is 3. The molecular weight excluding hydrogens is 1100 g/mol. The lowest BCUT2D eigenvalue weighted by Gasteiger charge is -2.25. The lowest BCUT2D eigenvalue weighted by atomic mass is 10.0. The van der Waals surface area contributed by atoms with Gasteiger partial charge in [0.05, 0.1) is 34.4 Å². The van der Waals surface area contributed by atoms with E-state index >= 15 is 0 Å². The highest BCUT2D eigenvalue weighted by Gasteiger charge is 2.25. The van der Waals surface area contributed by atoms with E-state index in [2.05, 4.69) is 111 Å². The van der Waals surface area contributed by atoms with Crippen LogP contribution >= 0.6 is 0 Å². The zero-order valence-electron chi connectivity index (χ0n) is 58.8. The van der Waals surface area contributed by atoms with Crippen LogP contribution < -0.4 is 0 Å². The number of aliphatic carboxylic acids is 1. The van der Waals surface area contributed by atoms with Crippen LogP contribution in [0.2, 0.25) is 0 Å². The summed E-state index contributed by atoms with van der Waals surface area (Å²) in [6, 6.07) is 0. The van der Waals surface area contributed by atoms with Crippen LogP contribution in [0.4, 0.5) is 0 Å². The van der Waals surface area contributed by atoms with E-state index in [4.69, 9.17) is 18.9 Å². The standard InChI is InChI=1S/C80H141NO8/c1-6-8-10-12-14-16-18-20-22-24-26-28-30-32-34-36-37-38-39-40-41-43-44-46-48-50-52-54-56-58-60-62-64-66-68-70-77(82)87-74-76(75-88-80(79(84)85)86-73-72-81(3,4)5)89-78(83)71-69-67-65-63-61-59-57-55-53-51-49-47-45-42-35-33-31-29-27-25-23-21-19-17-15-13-11-9-7-2/h9,11,15,17,21,23-24,26-27,29,33,35,45,47,51,53,76,80H,6-8,10,12-14,16,18-20,22,25,28,30-32,34,36-44,46,48-50,52,54-75H2,1-5H3/p+1/b11-9-,17-15-,23-21-,26-24-,29-27-,35-33-,47-45-,53-51-. The maximum atomic E-state index is 13.0. The van der Waals surface area contributed by atoms with Crippen LogP contribution in [0.3, 0.4) is 0 Å². The molecule has 0 heterocycles. The predicted molar refractivity (Wildman–Crippen MR) is 382 cm³/mol. The van der Waals surface area contributed by atoms with Crippen LogP contribution in [-0.4, -0.2) is 87.4 Å². The Morgan fingerprint density at radius 1 is 0.348 bits per heavy atom. The molecule has 9 heteroatoms. The second-order valence-corrected chi connectivity index (χ2v) is 26.2. The predicted octanol–water partition coefficient (Wildman–Crippen LogP) is 23.6. The fraction of sp³-hybridized carbons (Fsp3) is 0.762. The van der Waals surface area contributed by atoms with Gasteiger partial charge in [0.15, 0.2) is 6.10 Å². The summed E-state index contributed by atoms with van der Waals surface area (Å²) in [5.74, 6) is -2.01. The van der Waals surface area contributed by atoms with Crippen molar-refractivity contribution >= 4 is 17.9 Å². The number of carboxylic acids is 1. The smallest absolute Gasteiger partial charge is 0.361 e. The fourth-order valence-corrected chi connectivity index (χ4v) is 10.6. The fourth-order valence-electron chi connectivity index (χ4n) is 10.6. The molecule has 0 saturated heterocycles. The molecule has 0 aromatic rings. The summed E-state index contributed by atoms with van der Waals surface area (Å²) in [4.78, 5) is 37.7. The van der Waals surface area contributed by atoms with E-state index < -0.39 is 24.3 Å². The first-order chi connectivity index (χ1) is 43.6. The van der Waals surface area contributed by atoms with Gasteiger partial charge < -0.3 is 28.5 Å². The second-order valence-electron chi connectivity index (χ2n) is 26.2. The monoisotopic (exact) mass is 1250 g/mol. The van der Waals surface area contributed by atoms with Gasteiger partial charge in [-0.3, -0.25) is 9.59 Å². The zero-order valence-corrected chi connectivity index (χ0v) is 58.8. The van der Waals surface area contributed by atoms with Gasteiger partial charge in [-0.2, -0.15) is 0 Å². The molecule has 9 nitrogen and oxygen atoms in total. The molecule has 1 N–H and O–H groups in total. The first-order valence-corrected chi connectivity index (χ1v) is 37.4. The normalized spacial score (nSPS) is 13.2. The first kappa shape index (κ1) is 85.2. The quantitative estimate of drug-likeness (QED) is 0.0211. The Morgan fingerprint density at radius 3 is 0.966 bits per heavy atom. The van der Waals surface area contributed by atoms with Crippen LogP contribution in [0.5, 0.6) is 0 Å². The first-order valence-electron chi connectivity index (χ1n) is 37.4. The SMILES string of the molecule is CC/C=C\C/C=C\C/C=C\C/C=C\C/C=C\C/C=C\C/C=C\CCCCCCCCCC(=O)OC(COC(=O)CCCCCCCCCCCCCCCCCCCCCCCCC/C=C\CCCCCCCCCC)COC(OCC[N+](C)(C)C)C(=O)O. The molecule has 2 unspecified atom stereocenters. The summed E-state index contributed by atoms with van der Waals surface area (Å²) >= 11 is 0. The molecule has 0 radical (unpaired) electrons.